The Morgan fingerprint density at radius 2 is 1.60 bits per heavy atom. The first-order valence-electron chi connectivity index (χ1n) is 15.7. The van der Waals surface area contributed by atoms with Gasteiger partial charge < -0.3 is 41.2 Å². The summed E-state index contributed by atoms with van der Waals surface area (Å²) in [5.74, 6) is -4.09. The van der Waals surface area contributed by atoms with Crippen LogP contribution in [0, 0.1) is 0 Å². The minimum absolute atomic E-state index is 0.0470. The number of benzene rings is 2. The molecule has 53 heavy (non-hydrogen) atoms. The number of alkyl halides is 3. The number of rotatable bonds is 15. The number of carbonyl (C=O) groups is 4. The van der Waals surface area contributed by atoms with Crippen molar-refractivity contribution < 1.29 is 46.9 Å². The fourth-order valence-corrected chi connectivity index (χ4v) is 4.91. The number of methoxy groups -OCH3 is 1. The zero-order valence-corrected chi connectivity index (χ0v) is 28.4. The van der Waals surface area contributed by atoms with Crippen LogP contribution in [0.1, 0.15) is 35.2 Å². The molecule has 3 amide bonds. The number of carboxylic acids is 1. The Labute approximate surface area is 303 Å². The maximum atomic E-state index is 12.9. The van der Waals surface area contributed by atoms with Crippen molar-refractivity contribution in [3.05, 3.63) is 83.0 Å². The van der Waals surface area contributed by atoms with Crippen LogP contribution >= 0.6 is 11.6 Å². The van der Waals surface area contributed by atoms with E-state index in [1.54, 1.807) is 12.1 Å². The summed E-state index contributed by atoms with van der Waals surface area (Å²) in [5.41, 5.74) is 0.923. The van der Waals surface area contributed by atoms with Crippen molar-refractivity contribution in [2.75, 3.05) is 36.2 Å². The minimum atomic E-state index is -4.65. The Balaban J connectivity index is 1.18. The molecule has 0 unspecified atom stereocenters. The Bertz CT molecular complexity index is 1950. The number of pyridine rings is 1. The van der Waals surface area contributed by atoms with E-state index in [2.05, 4.69) is 46.5 Å². The van der Waals surface area contributed by atoms with Gasteiger partial charge in [0, 0.05) is 28.9 Å². The van der Waals surface area contributed by atoms with Crippen LogP contribution < -0.4 is 36.1 Å². The first-order chi connectivity index (χ1) is 25.2. The molecule has 2 heterocycles. The fourth-order valence-electron chi connectivity index (χ4n) is 4.78. The van der Waals surface area contributed by atoms with Crippen molar-refractivity contribution in [3.63, 3.8) is 0 Å². The van der Waals surface area contributed by atoms with Crippen molar-refractivity contribution in [2.24, 2.45) is 0 Å². The molecule has 2 aromatic carbocycles. The van der Waals surface area contributed by atoms with E-state index in [4.69, 9.17) is 21.1 Å². The third-order valence-electron chi connectivity index (χ3n) is 7.61. The van der Waals surface area contributed by atoms with E-state index in [9.17, 15) is 37.5 Å². The average molecular weight is 758 g/mol. The van der Waals surface area contributed by atoms with Gasteiger partial charge in [-0.25, -0.2) is 9.78 Å². The Kier molecular flexibility index (Phi) is 11.8. The Hall–Kier alpha value is -6.24. The number of nitrogens with zero attached hydrogens (tertiary/aromatic N) is 4. The molecule has 278 valence electrons. The maximum Gasteiger partial charge on any atom is 0.422 e. The number of anilines is 4. The molecule has 1 aliphatic carbocycles. The van der Waals surface area contributed by atoms with E-state index in [-0.39, 0.29) is 36.1 Å². The summed E-state index contributed by atoms with van der Waals surface area (Å²) in [6, 6.07) is 13.6. The molecule has 1 saturated carbocycles. The van der Waals surface area contributed by atoms with Gasteiger partial charge in [-0.2, -0.15) is 28.1 Å². The van der Waals surface area contributed by atoms with Gasteiger partial charge in [-0.15, -0.1) is 0 Å². The Morgan fingerprint density at radius 1 is 0.925 bits per heavy atom. The standard InChI is InChI=1S/C33H31ClF3N9O7/c1-52-24-11-10-22(16-39-24)40-27(49)26(48)38-15-12-23(28(50)51)42-25(47)18-2-8-21(9-3-18)41-29-43-30(45-31(44-29)53-17-33(35,36)37)46-32(13-14-32)19-4-6-20(34)7-5-19/h2-11,16,23H,12-15,17H2,1H3,(H,38,48)(H,40,49)(H,42,47)(H,50,51)(H2,41,43,44,45,46)/t23-/m0/s1. The molecule has 6 N–H and O–H groups in total. The van der Waals surface area contributed by atoms with Crippen molar-refractivity contribution in [2.45, 2.75) is 37.0 Å². The highest BCUT2D eigenvalue weighted by atomic mass is 35.5. The third kappa shape index (κ3) is 10.9. The maximum absolute atomic E-state index is 12.9. The van der Waals surface area contributed by atoms with Crippen LogP contribution in [0.3, 0.4) is 0 Å². The third-order valence-corrected chi connectivity index (χ3v) is 7.86. The SMILES string of the molecule is COc1ccc(NC(=O)C(=O)NCC[C@H](NC(=O)c2ccc(Nc3nc(NC4(c5ccc(Cl)cc5)CC4)nc(OCC(F)(F)F)n3)cc2)C(=O)O)cn1. The summed E-state index contributed by atoms with van der Waals surface area (Å²) in [7, 11) is 1.42. The number of ether oxygens (including phenoxy) is 2. The number of nitrogens with one attached hydrogen (secondary N) is 5. The molecule has 0 aliphatic heterocycles. The lowest BCUT2D eigenvalue weighted by Crippen LogP contribution is -2.44. The molecule has 16 nitrogen and oxygen atoms in total. The topological polar surface area (TPSA) is 219 Å². The quantitative estimate of drug-likeness (QED) is 0.0945. The Morgan fingerprint density at radius 3 is 2.21 bits per heavy atom. The molecule has 0 bridgehead atoms. The van der Waals surface area contributed by atoms with Gasteiger partial charge >= 0.3 is 30.0 Å². The van der Waals surface area contributed by atoms with Crippen LogP contribution in [-0.4, -0.2) is 81.2 Å². The lowest BCUT2D eigenvalue weighted by atomic mass is 10.1. The molecular weight excluding hydrogens is 727 g/mol. The van der Waals surface area contributed by atoms with Crippen LogP contribution in [0.2, 0.25) is 5.02 Å². The largest absolute Gasteiger partial charge is 0.481 e. The summed E-state index contributed by atoms with van der Waals surface area (Å²) in [4.78, 5) is 65.2. The van der Waals surface area contributed by atoms with Crippen LogP contribution in [0.5, 0.6) is 11.9 Å². The van der Waals surface area contributed by atoms with Crippen molar-refractivity contribution in [3.8, 4) is 11.9 Å². The molecule has 1 fully saturated rings. The van der Waals surface area contributed by atoms with Crippen molar-refractivity contribution in [1.29, 1.82) is 0 Å². The molecule has 1 atom stereocenters. The molecule has 4 aromatic rings. The van der Waals surface area contributed by atoms with Gasteiger partial charge in [0.05, 0.1) is 24.5 Å². The highest BCUT2D eigenvalue weighted by molar-refractivity contribution is 6.39. The van der Waals surface area contributed by atoms with E-state index in [0.29, 0.717) is 29.4 Å². The van der Waals surface area contributed by atoms with E-state index < -0.39 is 54.1 Å². The summed E-state index contributed by atoms with van der Waals surface area (Å²) < 4.78 is 48.5. The summed E-state index contributed by atoms with van der Waals surface area (Å²) >= 11 is 6.01. The normalized spacial score (nSPS) is 13.5. The van der Waals surface area contributed by atoms with Crippen molar-refractivity contribution >= 4 is 58.6 Å². The summed E-state index contributed by atoms with van der Waals surface area (Å²) in [6.07, 6.45) is -2.22. The number of hydrogen-bond acceptors (Lipinski definition) is 12. The first-order valence-corrected chi connectivity index (χ1v) is 16.1. The number of aliphatic carboxylic acids is 1. The smallest absolute Gasteiger partial charge is 0.422 e. The van der Waals surface area contributed by atoms with Crippen LogP contribution in [0.4, 0.5) is 36.4 Å². The van der Waals surface area contributed by atoms with Gasteiger partial charge in [0.15, 0.2) is 6.61 Å². The number of aromatic nitrogens is 4. The number of amides is 3. The minimum Gasteiger partial charge on any atom is -0.481 e. The van der Waals surface area contributed by atoms with Gasteiger partial charge in [-0.3, -0.25) is 14.4 Å². The van der Waals surface area contributed by atoms with Crippen LogP contribution in [0.15, 0.2) is 66.9 Å². The average Bonchev–Trinajstić information content (AvgIpc) is 3.90. The molecule has 2 aromatic heterocycles. The van der Waals surface area contributed by atoms with E-state index in [1.807, 2.05) is 12.1 Å². The number of carboxylic acid groups (broad SMARTS) is 1. The predicted molar refractivity (Wildman–Crippen MR) is 183 cm³/mol. The van der Waals surface area contributed by atoms with Gasteiger partial charge in [0.25, 0.3) is 5.91 Å². The molecule has 0 saturated heterocycles. The first kappa shape index (κ1) is 38.0. The number of halogens is 4. The monoisotopic (exact) mass is 757 g/mol. The number of carbonyl (C=O) groups excluding carboxylic acids is 3. The molecule has 1 aliphatic rings. The summed E-state index contributed by atoms with van der Waals surface area (Å²) in [5, 5.41) is 23.2. The van der Waals surface area contributed by atoms with Crippen LogP contribution in [0.25, 0.3) is 0 Å². The van der Waals surface area contributed by atoms with Crippen LogP contribution in [-0.2, 0) is 19.9 Å². The zero-order valence-electron chi connectivity index (χ0n) is 27.7. The number of hydrogen-bond donors (Lipinski definition) is 6. The zero-order chi connectivity index (χ0) is 38.2. The van der Waals surface area contributed by atoms with E-state index in [1.165, 1.54) is 49.7 Å². The van der Waals surface area contributed by atoms with E-state index in [0.717, 1.165) is 5.56 Å². The lowest BCUT2D eigenvalue weighted by molar-refractivity contribution is -0.154. The second-order valence-corrected chi connectivity index (χ2v) is 12.0. The van der Waals surface area contributed by atoms with Gasteiger partial charge in [0.1, 0.15) is 6.04 Å². The van der Waals surface area contributed by atoms with Crippen molar-refractivity contribution in [1.82, 2.24) is 30.6 Å². The summed E-state index contributed by atoms with van der Waals surface area (Å²) in [6.45, 7) is -1.89. The fraction of sp³-hybridized carbons (Fsp3) is 0.273. The molecular formula is C33H31ClF3N9O7. The second-order valence-electron chi connectivity index (χ2n) is 11.5. The highest BCUT2D eigenvalue weighted by Crippen LogP contribution is 2.48. The van der Waals surface area contributed by atoms with E-state index >= 15 is 0 Å². The van der Waals surface area contributed by atoms with Gasteiger partial charge in [-0.1, -0.05) is 23.7 Å². The lowest BCUT2D eigenvalue weighted by Gasteiger charge is -2.19. The highest BCUT2D eigenvalue weighted by Gasteiger charge is 2.45. The molecule has 0 radical (unpaired) electrons. The second kappa shape index (κ2) is 16.4. The molecule has 5 rings (SSSR count). The van der Waals surface area contributed by atoms with Gasteiger partial charge in [-0.05, 0) is 67.3 Å². The molecule has 0 spiro atoms. The van der Waals surface area contributed by atoms with Gasteiger partial charge in [0.2, 0.25) is 17.8 Å². The molecule has 20 heteroatoms. The predicted octanol–water partition coefficient (Wildman–Crippen LogP) is 4.04.